The SMILES string of the molecule is CCCOc1ccc(C(F)(F)F)cc1NCc1cc(=O)n2c(C)csc2n1. The molecule has 27 heavy (non-hydrogen) atoms. The maximum absolute atomic E-state index is 13.0. The van der Waals surface area contributed by atoms with Crippen molar-refractivity contribution < 1.29 is 17.9 Å². The molecular formula is C18H18F3N3O2S. The summed E-state index contributed by atoms with van der Waals surface area (Å²) in [7, 11) is 0. The molecule has 0 saturated carbocycles. The largest absolute Gasteiger partial charge is 0.491 e. The van der Waals surface area contributed by atoms with Gasteiger partial charge in [-0.1, -0.05) is 6.92 Å². The lowest BCUT2D eigenvalue weighted by atomic mass is 10.1. The van der Waals surface area contributed by atoms with Crippen molar-refractivity contribution in [3.05, 3.63) is 57.0 Å². The summed E-state index contributed by atoms with van der Waals surface area (Å²) in [4.78, 5) is 17.2. The van der Waals surface area contributed by atoms with Gasteiger partial charge in [0, 0.05) is 17.1 Å². The van der Waals surface area contributed by atoms with Gasteiger partial charge in [0.05, 0.1) is 30.1 Å². The number of aromatic nitrogens is 2. The Morgan fingerprint density at radius 3 is 2.78 bits per heavy atom. The fraction of sp³-hybridized carbons (Fsp3) is 0.333. The van der Waals surface area contributed by atoms with Gasteiger partial charge in [-0.05, 0) is 31.5 Å². The Morgan fingerprint density at radius 1 is 1.30 bits per heavy atom. The summed E-state index contributed by atoms with van der Waals surface area (Å²) in [6.45, 7) is 4.21. The molecule has 0 aliphatic carbocycles. The number of alkyl halides is 3. The van der Waals surface area contributed by atoms with E-state index < -0.39 is 11.7 Å². The third kappa shape index (κ3) is 4.24. The predicted octanol–water partition coefficient (Wildman–Crippen LogP) is 4.48. The lowest BCUT2D eigenvalue weighted by Gasteiger charge is -2.15. The monoisotopic (exact) mass is 397 g/mol. The number of fused-ring (bicyclic) bond motifs is 1. The van der Waals surface area contributed by atoms with Crippen LogP contribution in [-0.2, 0) is 12.7 Å². The molecule has 0 spiro atoms. The van der Waals surface area contributed by atoms with Crippen molar-refractivity contribution in [2.45, 2.75) is 33.0 Å². The summed E-state index contributed by atoms with van der Waals surface area (Å²) in [6.07, 6.45) is -3.72. The number of rotatable bonds is 6. The number of nitrogens with zero attached hydrogens (tertiary/aromatic N) is 2. The molecule has 2 heterocycles. The summed E-state index contributed by atoms with van der Waals surface area (Å²) in [6, 6.07) is 4.67. The summed E-state index contributed by atoms with van der Waals surface area (Å²) < 4.78 is 46.1. The third-order valence-corrected chi connectivity index (χ3v) is 4.80. The minimum Gasteiger partial charge on any atom is -0.491 e. The first-order chi connectivity index (χ1) is 12.8. The Kier molecular flexibility index (Phi) is 5.41. The van der Waals surface area contributed by atoms with Crippen LogP contribution in [-0.4, -0.2) is 16.0 Å². The Labute approximate surface area is 157 Å². The van der Waals surface area contributed by atoms with E-state index in [-0.39, 0.29) is 17.8 Å². The van der Waals surface area contributed by atoms with Crippen molar-refractivity contribution in [2.75, 3.05) is 11.9 Å². The minimum atomic E-state index is -4.45. The molecule has 0 radical (unpaired) electrons. The highest BCUT2D eigenvalue weighted by Gasteiger charge is 2.31. The zero-order valence-corrected chi connectivity index (χ0v) is 15.6. The van der Waals surface area contributed by atoms with E-state index in [4.69, 9.17) is 4.74 Å². The molecule has 144 valence electrons. The van der Waals surface area contributed by atoms with Crippen LogP contribution >= 0.6 is 11.3 Å². The van der Waals surface area contributed by atoms with Crippen LogP contribution in [0.25, 0.3) is 4.96 Å². The molecule has 0 saturated heterocycles. The third-order valence-electron chi connectivity index (χ3n) is 3.86. The molecule has 5 nitrogen and oxygen atoms in total. The number of halogens is 3. The molecule has 0 atom stereocenters. The van der Waals surface area contributed by atoms with E-state index in [1.54, 1.807) is 0 Å². The van der Waals surface area contributed by atoms with Crippen LogP contribution in [0.2, 0.25) is 0 Å². The molecule has 1 aromatic carbocycles. The maximum atomic E-state index is 13.0. The molecular weight excluding hydrogens is 379 g/mol. The Hall–Kier alpha value is -2.55. The zero-order valence-electron chi connectivity index (χ0n) is 14.8. The lowest BCUT2D eigenvalue weighted by molar-refractivity contribution is -0.137. The second-order valence-corrected chi connectivity index (χ2v) is 6.83. The van der Waals surface area contributed by atoms with Gasteiger partial charge in [-0.3, -0.25) is 9.20 Å². The van der Waals surface area contributed by atoms with Gasteiger partial charge in [0.25, 0.3) is 5.56 Å². The van der Waals surface area contributed by atoms with Gasteiger partial charge in [0.2, 0.25) is 0 Å². The van der Waals surface area contributed by atoms with Crippen LogP contribution in [0, 0.1) is 6.92 Å². The second-order valence-electron chi connectivity index (χ2n) is 5.99. The highest BCUT2D eigenvalue weighted by molar-refractivity contribution is 7.15. The Balaban J connectivity index is 1.88. The van der Waals surface area contributed by atoms with E-state index in [1.807, 2.05) is 19.2 Å². The number of anilines is 1. The van der Waals surface area contributed by atoms with E-state index in [9.17, 15) is 18.0 Å². The first-order valence-corrected chi connectivity index (χ1v) is 9.22. The normalized spacial score (nSPS) is 11.7. The van der Waals surface area contributed by atoms with Crippen molar-refractivity contribution in [3.63, 3.8) is 0 Å². The summed E-state index contributed by atoms with van der Waals surface area (Å²) >= 11 is 1.33. The number of ether oxygens (including phenoxy) is 1. The molecule has 0 bridgehead atoms. The van der Waals surface area contributed by atoms with E-state index in [0.717, 1.165) is 24.2 Å². The van der Waals surface area contributed by atoms with E-state index in [0.29, 0.717) is 23.0 Å². The van der Waals surface area contributed by atoms with Crippen LogP contribution in [0.5, 0.6) is 5.75 Å². The van der Waals surface area contributed by atoms with Crippen LogP contribution in [0.3, 0.4) is 0 Å². The van der Waals surface area contributed by atoms with Crippen molar-refractivity contribution in [3.8, 4) is 5.75 Å². The number of benzene rings is 1. The topological polar surface area (TPSA) is 55.6 Å². The van der Waals surface area contributed by atoms with Crippen LogP contribution in [0.1, 0.15) is 30.3 Å². The van der Waals surface area contributed by atoms with Crippen LogP contribution in [0.15, 0.2) is 34.4 Å². The summed E-state index contributed by atoms with van der Waals surface area (Å²) in [5.74, 6) is 0.328. The van der Waals surface area contributed by atoms with Crippen molar-refractivity contribution in [2.24, 2.45) is 0 Å². The van der Waals surface area contributed by atoms with Gasteiger partial charge in [-0.25, -0.2) is 4.98 Å². The number of nitrogens with one attached hydrogen (secondary N) is 1. The number of thiazole rings is 1. The molecule has 0 fully saturated rings. The molecule has 3 aromatic rings. The summed E-state index contributed by atoms with van der Waals surface area (Å²) in [5, 5.41) is 4.74. The standard InChI is InChI=1S/C18H18F3N3O2S/c1-3-6-26-15-5-4-12(18(19,20)21)7-14(15)22-9-13-8-16(25)24-11(2)10-27-17(24)23-13/h4-5,7-8,10,22H,3,6,9H2,1-2H3. The van der Waals surface area contributed by atoms with Crippen LogP contribution < -0.4 is 15.6 Å². The summed E-state index contributed by atoms with van der Waals surface area (Å²) in [5.41, 5.74) is 0.455. The molecule has 3 rings (SSSR count). The van der Waals surface area contributed by atoms with E-state index in [2.05, 4.69) is 10.3 Å². The fourth-order valence-electron chi connectivity index (χ4n) is 2.56. The minimum absolute atomic E-state index is 0.104. The predicted molar refractivity (Wildman–Crippen MR) is 98.6 cm³/mol. The number of hydrogen-bond donors (Lipinski definition) is 1. The highest BCUT2D eigenvalue weighted by Crippen LogP contribution is 2.35. The maximum Gasteiger partial charge on any atom is 0.416 e. The zero-order chi connectivity index (χ0) is 19.6. The quantitative estimate of drug-likeness (QED) is 0.666. The average molecular weight is 397 g/mol. The van der Waals surface area contributed by atoms with Crippen molar-refractivity contribution in [1.82, 2.24) is 9.38 Å². The van der Waals surface area contributed by atoms with Gasteiger partial charge in [0.1, 0.15) is 5.75 Å². The first-order valence-electron chi connectivity index (χ1n) is 8.34. The van der Waals surface area contributed by atoms with Gasteiger partial charge in [0.15, 0.2) is 4.96 Å². The first kappa shape index (κ1) is 19.2. The number of aryl methyl sites for hydroxylation is 1. The number of hydrogen-bond acceptors (Lipinski definition) is 5. The molecule has 1 N–H and O–H groups in total. The molecule has 9 heteroatoms. The van der Waals surface area contributed by atoms with E-state index >= 15 is 0 Å². The molecule has 0 unspecified atom stereocenters. The molecule has 0 aliphatic heterocycles. The Bertz CT molecular complexity index is 1010. The van der Waals surface area contributed by atoms with E-state index in [1.165, 1.54) is 27.9 Å². The smallest absolute Gasteiger partial charge is 0.416 e. The molecule has 0 aliphatic rings. The van der Waals surface area contributed by atoms with Gasteiger partial charge in [-0.2, -0.15) is 13.2 Å². The van der Waals surface area contributed by atoms with Crippen LogP contribution in [0.4, 0.5) is 18.9 Å². The van der Waals surface area contributed by atoms with Gasteiger partial charge >= 0.3 is 6.18 Å². The fourth-order valence-corrected chi connectivity index (χ4v) is 3.45. The molecule has 2 aromatic heterocycles. The average Bonchev–Trinajstić information content (AvgIpc) is 2.99. The Morgan fingerprint density at radius 2 is 2.07 bits per heavy atom. The lowest BCUT2D eigenvalue weighted by Crippen LogP contribution is -2.16. The van der Waals surface area contributed by atoms with Crippen molar-refractivity contribution >= 4 is 22.0 Å². The second kappa shape index (κ2) is 7.59. The molecule has 0 amide bonds. The van der Waals surface area contributed by atoms with Gasteiger partial charge < -0.3 is 10.1 Å². The van der Waals surface area contributed by atoms with Gasteiger partial charge in [-0.15, -0.1) is 11.3 Å². The highest BCUT2D eigenvalue weighted by atomic mass is 32.1. The van der Waals surface area contributed by atoms with Crippen molar-refractivity contribution in [1.29, 1.82) is 0 Å².